The lowest BCUT2D eigenvalue weighted by Crippen LogP contribution is -2.40. The van der Waals surface area contributed by atoms with Gasteiger partial charge in [0.05, 0.1) is 10.0 Å². The third-order valence-corrected chi connectivity index (χ3v) is 5.34. The molecule has 2 aromatic rings. The highest BCUT2D eigenvalue weighted by Gasteiger charge is 2.29. The number of nitrogens with one attached hydrogen (secondary N) is 1. The molecule has 2 heterocycles. The fourth-order valence-electron chi connectivity index (χ4n) is 3.22. The first kappa shape index (κ1) is 18.2. The molecule has 6 heteroatoms. The van der Waals surface area contributed by atoms with Gasteiger partial charge in [-0.05, 0) is 55.6 Å². The average molecular weight is 378 g/mol. The van der Waals surface area contributed by atoms with Crippen LogP contribution in [0, 0.1) is 0 Å². The van der Waals surface area contributed by atoms with Crippen LogP contribution in [-0.4, -0.2) is 35.4 Å². The maximum absolute atomic E-state index is 12.8. The van der Waals surface area contributed by atoms with E-state index in [1.807, 2.05) is 24.3 Å². The summed E-state index contributed by atoms with van der Waals surface area (Å²) in [7, 11) is 0. The van der Waals surface area contributed by atoms with Crippen molar-refractivity contribution in [1.29, 1.82) is 0 Å². The van der Waals surface area contributed by atoms with E-state index in [1.54, 1.807) is 18.5 Å². The molecular weight excluding hydrogens is 357 g/mol. The van der Waals surface area contributed by atoms with Gasteiger partial charge in [-0.2, -0.15) is 0 Å². The number of hydrogen-bond acceptors (Lipinski definition) is 3. The van der Waals surface area contributed by atoms with Crippen molar-refractivity contribution in [3.05, 3.63) is 63.9 Å². The Balaban J connectivity index is 1.65. The second kappa shape index (κ2) is 8.65. The van der Waals surface area contributed by atoms with Crippen LogP contribution in [0.3, 0.4) is 0 Å². The van der Waals surface area contributed by atoms with Crippen molar-refractivity contribution < 1.29 is 4.79 Å². The van der Waals surface area contributed by atoms with Crippen molar-refractivity contribution in [2.24, 2.45) is 0 Å². The van der Waals surface area contributed by atoms with Crippen LogP contribution in [0.1, 0.15) is 30.0 Å². The van der Waals surface area contributed by atoms with Gasteiger partial charge in [-0.15, -0.1) is 0 Å². The van der Waals surface area contributed by atoms with Crippen molar-refractivity contribution in [1.82, 2.24) is 15.2 Å². The number of amides is 1. The molecule has 25 heavy (non-hydrogen) atoms. The summed E-state index contributed by atoms with van der Waals surface area (Å²) in [6, 6.07) is 9.11. The normalized spacial score (nSPS) is 15.9. The van der Waals surface area contributed by atoms with Crippen LogP contribution >= 0.6 is 23.2 Å². The number of pyridine rings is 1. The molecule has 1 amide bonds. The van der Waals surface area contributed by atoms with Gasteiger partial charge in [0.2, 0.25) is 5.91 Å². The maximum Gasteiger partial charge on any atom is 0.242 e. The predicted octanol–water partition coefficient (Wildman–Crippen LogP) is 3.88. The second-order valence-electron chi connectivity index (χ2n) is 6.19. The van der Waals surface area contributed by atoms with Crippen molar-refractivity contribution in [3.63, 3.8) is 0 Å². The van der Waals surface area contributed by atoms with E-state index < -0.39 is 0 Å². The standard InChI is InChI=1S/C19H21Cl2N3O/c20-16-7-3-5-14(17(16)21)8-10-23-19(25)18(24-11-1-2-12-24)15-6-4-9-22-13-15/h3-7,9,13,18H,1-2,8,10-12H2,(H,23,25)/t18-/m0/s1. The van der Waals surface area contributed by atoms with Gasteiger partial charge in [0.25, 0.3) is 0 Å². The van der Waals surface area contributed by atoms with Crippen LogP contribution < -0.4 is 5.32 Å². The average Bonchev–Trinajstić information content (AvgIpc) is 3.14. The van der Waals surface area contributed by atoms with Gasteiger partial charge >= 0.3 is 0 Å². The molecule has 1 N–H and O–H groups in total. The highest BCUT2D eigenvalue weighted by atomic mass is 35.5. The SMILES string of the molecule is O=C(NCCc1cccc(Cl)c1Cl)[C@H](c1cccnc1)N1CCCC1. The van der Waals surface area contributed by atoms with Crippen LogP contribution in [-0.2, 0) is 11.2 Å². The Hall–Kier alpha value is -1.62. The number of likely N-dealkylation sites (tertiary alicyclic amines) is 1. The van der Waals surface area contributed by atoms with Crippen molar-refractivity contribution in [2.75, 3.05) is 19.6 Å². The van der Waals surface area contributed by atoms with Gasteiger partial charge in [0, 0.05) is 18.9 Å². The quantitative estimate of drug-likeness (QED) is 0.830. The van der Waals surface area contributed by atoms with E-state index in [0.29, 0.717) is 23.0 Å². The predicted molar refractivity (Wildman–Crippen MR) is 101 cm³/mol. The second-order valence-corrected chi connectivity index (χ2v) is 6.97. The van der Waals surface area contributed by atoms with E-state index in [2.05, 4.69) is 15.2 Å². The molecule has 0 bridgehead atoms. The Bertz CT molecular complexity index is 718. The highest BCUT2D eigenvalue weighted by molar-refractivity contribution is 6.42. The fourth-order valence-corrected chi connectivity index (χ4v) is 3.64. The fraction of sp³-hybridized carbons (Fsp3) is 0.368. The molecule has 1 atom stereocenters. The van der Waals surface area contributed by atoms with E-state index in [4.69, 9.17) is 23.2 Å². The zero-order valence-corrected chi connectivity index (χ0v) is 15.4. The minimum Gasteiger partial charge on any atom is -0.354 e. The lowest BCUT2D eigenvalue weighted by atomic mass is 10.1. The largest absolute Gasteiger partial charge is 0.354 e. The number of carbonyl (C=O) groups is 1. The van der Waals surface area contributed by atoms with E-state index in [-0.39, 0.29) is 11.9 Å². The number of nitrogens with zero attached hydrogens (tertiary/aromatic N) is 2. The summed E-state index contributed by atoms with van der Waals surface area (Å²) >= 11 is 12.2. The molecule has 1 aliphatic rings. The minimum atomic E-state index is -0.286. The van der Waals surface area contributed by atoms with Crippen LogP contribution in [0.25, 0.3) is 0 Å². The number of benzene rings is 1. The first-order valence-electron chi connectivity index (χ1n) is 8.51. The summed E-state index contributed by atoms with van der Waals surface area (Å²) < 4.78 is 0. The smallest absolute Gasteiger partial charge is 0.242 e. The van der Waals surface area contributed by atoms with Gasteiger partial charge < -0.3 is 5.32 Å². The zero-order valence-electron chi connectivity index (χ0n) is 13.9. The number of hydrogen-bond donors (Lipinski definition) is 1. The van der Waals surface area contributed by atoms with Crippen LogP contribution in [0.15, 0.2) is 42.7 Å². The van der Waals surface area contributed by atoms with Crippen molar-refractivity contribution >= 4 is 29.1 Å². The van der Waals surface area contributed by atoms with E-state index >= 15 is 0 Å². The first-order valence-corrected chi connectivity index (χ1v) is 9.27. The Kier molecular flexibility index (Phi) is 6.29. The number of carbonyl (C=O) groups excluding carboxylic acids is 1. The van der Waals surface area contributed by atoms with Crippen molar-refractivity contribution in [3.8, 4) is 0 Å². The molecule has 1 aromatic heterocycles. The lowest BCUT2D eigenvalue weighted by molar-refractivity contribution is -0.126. The molecule has 1 fully saturated rings. The third kappa shape index (κ3) is 4.51. The Morgan fingerprint density at radius 2 is 2.00 bits per heavy atom. The summed E-state index contributed by atoms with van der Waals surface area (Å²) in [5, 5.41) is 4.14. The Morgan fingerprint density at radius 1 is 1.20 bits per heavy atom. The maximum atomic E-state index is 12.8. The molecule has 3 rings (SSSR count). The summed E-state index contributed by atoms with van der Waals surface area (Å²) in [5.41, 5.74) is 1.87. The van der Waals surface area contributed by atoms with Crippen molar-refractivity contribution in [2.45, 2.75) is 25.3 Å². The molecule has 0 unspecified atom stereocenters. The zero-order chi connectivity index (χ0) is 17.6. The van der Waals surface area contributed by atoms with Gasteiger partial charge in [-0.1, -0.05) is 41.4 Å². The molecule has 132 valence electrons. The summed E-state index contributed by atoms with van der Waals surface area (Å²) in [6.07, 6.45) is 6.40. The molecule has 1 aromatic carbocycles. The van der Waals surface area contributed by atoms with E-state index in [9.17, 15) is 4.79 Å². The molecule has 1 saturated heterocycles. The highest BCUT2D eigenvalue weighted by Crippen LogP contribution is 2.26. The van der Waals surface area contributed by atoms with E-state index in [1.165, 1.54) is 0 Å². The third-order valence-electron chi connectivity index (χ3n) is 4.48. The van der Waals surface area contributed by atoms with Gasteiger partial charge in [-0.25, -0.2) is 0 Å². The molecular formula is C19H21Cl2N3O. The van der Waals surface area contributed by atoms with Gasteiger partial charge in [0.1, 0.15) is 6.04 Å². The molecule has 1 aliphatic heterocycles. The van der Waals surface area contributed by atoms with Crippen LogP contribution in [0.5, 0.6) is 0 Å². The molecule has 0 aliphatic carbocycles. The monoisotopic (exact) mass is 377 g/mol. The Labute approximate surface area is 158 Å². The van der Waals surface area contributed by atoms with Gasteiger partial charge in [0.15, 0.2) is 0 Å². The minimum absolute atomic E-state index is 0.00745. The summed E-state index contributed by atoms with van der Waals surface area (Å²) in [6.45, 7) is 2.39. The molecule has 0 spiro atoms. The topological polar surface area (TPSA) is 45.2 Å². The molecule has 0 radical (unpaired) electrons. The number of rotatable bonds is 6. The molecule has 0 saturated carbocycles. The Morgan fingerprint density at radius 3 is 2.72 bits per heavy atom. The number of halogens is 2. The summed E-state index contributed by atoms with van der Waals surface area (Å²) in [4.78, 5) is 19.2. The van der Waals surface area contributed by atoms with E-state index in [0.717, 1.165) is 37.1 Å². The lowest BCUT2D eigenvalue weighted by Gasteiger charge is -2.26. The van der Waals surface area contributed by atoms with Crippen LogP contribution in [0.2, 0.25) is 10.0 Å². The molecule has 4 nitrogen and oxygen atoms in total. The summed E-state index contributed by atoms with van der Waals surface area (Å²) in [5.74, 6) is 0.00745. The van der Waals surface area contributed by atoms with Crippen LogP contribution in [0.4, 0.5) is 0 Å². The first-order chi connectivity index (χ1) is 12.2. The number of aromatic nitrogens is 1. The van der Waals surface area contributed by atoms with Gasteiger partial charge in [-0.3, -0.25) is 14.7 Å².